The van der Waals surface area contributed by atoms with Crippen molar-refractivity contribution in [2.75, 3.05) is 0 Å². The zero-order valence-electron chi connectivity index (χ0n) is 15.1. The van der Waals surface area contributed by atoms with Gasteiger partial charge in [-0.3, -0.25) is 0 Å². The van der Waals surface area contributed by atoms with Gasteiger partial charge in [0.25, 0.3) is 0 Å². The van der Waals surface area contributed by atoms with E-state index in [1.54, 1.807) is 0 Å². The molecule has 20 heavy (non-hydrogen) atoms. The number of allylic oxidation sites excluding steroid dienone is 4. The van der Waals surface area contributed by atoms with Gasteiger partial charge in [-0.1, -0.05) is 84.7 Å². The first-order valence-corrected chi connectivity index (χ1v) is 16.4. The molecule has 0 spiro atoms. The summed E-state index contributed by atoms with van der Waals surface area (Å²) in [5.41, 5.74) is 2.49. The van der Waals surface area contributed by atoms with Gasteiger partial charge in [0, 0.05) is 8.07 Å². The minimum atomic E-state index is -1.31. The zero-order chi connectivity index (χ0) is 15.7. The summed E-state index contributed by atoms with van der Waals surface area (Å²) in [7, 11) is -2.34. The molecule has 1 unspecified atom stereocenters. The standard InChI is InChI=1S/C17H35PSi2/c1-14(2)18(15(3)4)17(19(5,6)7)20(8,9)16-12-10-11-13-16/h10-17H,1-9H3. The van der Waals surface area contributed by atoms with Gasteiger partial charge in [0.1, 0.15) is 0 Å². The minimum absolute atomic E-state index is 0.121. The van der Waals surface area contributed by atoms with E-state index in [1.165, 1.54) is 0 Å². The maximum absolute atomic E-state index is 2.67. The average molecular weight is 327 g/mol. The molecule has 0 N–H and O–H groups in total. The van der Waals surface area contributed by atoms with Crippen LogP contribution < -0.4 is 0 Å². The molecule has 0 saturated heterocycles. The highest BCUT2D eigenvalue weighted by Crippen LogP contribution is 2.58. The molecule has 0 heterocycles. The molecule has 0 saturated carbocycles. The number of hydrogen-bond donors (Lipinski definition) is 0. The van der Waals surface area contributed by atoms with E-state index in [-0.39, 0.29) is 7.92 Å². The molecule has 0 bridgehead atoms. The van der Waals surface area contributed by atoms with Crippen LogP contribution in [0.3, 0.4) is 0 Å². The van der Waals surface area contributed by atoms with Crippen molar-refractivity contribution in [2.24, 2.45) is 0 Å². The van der Waals surface area contributed by atoms with Crippen LogP contribution in [0, 0.1) is 0 Å². The SMILES string of the molecule is CC(C)P(C(C)C)C([Si](C)(C)C)[Si](C)(C)C1C=CC=C1. The first-order chi connectivity index (χ1) is 8.99. The largest absolute Gasteiger partial charge is 0.104 e. The third kappa shape index (κ3) is 3.96. The molecule has 1 aliphatic carbocycles. The van der Waals surface area contributed by atoms with E-state index in [4.69, 9.17) is 0 Å². The van der Waals surface area contributed by atoms with Crippen molar-refractivity contribution in [3.8, 4) is 0 Å². The minimum Gasteiger partial charge on any atom is -0.104 e. The summed E-state index contributed by atoms with van der Waals surface area (Å²) in [4.78, 5) is 1.04. The molecular formula is C17H35PSi2. The van der Waals surface area contributed by atoms with Crippen molar-refractivity contribution in [1.82, 2.24) is 0 Å². The van der Waals surface area contributed by atoms with Crippen LogP contribution in [-0.2, 0) is 0 Å². The Hall–Kier alpha value is 0.344. The van der Waals surface area contributed by atoms with E-state index in [9.17, 15) is 0 Å². The van der Waals surface area contributed by atoms with Gasteiger partial charge in [0.05, 0.1) is 8.07 Å². The summed E-state index contributed by atoms with van der Waals surface area (Å²) < 4.78 is 0. The molecule has 0 nitrogen and oxygen atoms in total. The number of rotatable bonds is 6. The van der Waals surface area contributed by atoms with Gasteiger partial charge in [-0.2, -0.15) is 0 Å². The Morgan fingerprint density at radius 2 is 1.20 bits per heavy atom. The Labute approximate surface area is 130 Å². The van der Waals surface area contributed by atoms with Gasteiger partial charge in [-0.25, -0.2) is 0 Å². The lowest BCUT2D eigenvalue weighted by molar-refractivity contribution is 0.997. The monoisotopic (exact) mass is 326 g/mol. The summed E-state index contributed by atoms with van der Waals surface area (Å²) >= 11 is 0. The van der Waals surface area contributed by atoms with Gasteiger partial charge in [-0.15, -0.1) is 7.92 Å². The van der Waals surface area contributed by atoms with Crippen LogP contribution in [0.15, 0.2) is 24.3 Å². The quantitative estimate of drug-likeness (QED) is 0.398. The first kappa shape index (κ1) is 18.4. The van der Waals surface area contributed by atoms with E-state index >= 15 is 0 Å². The fourth-order valence-electron chi connectivity index (χ4n) is 4.25. The summed E-state index contributed by atoms with van der Waals surface area (Å²) in [6, 6.07) is 0. The van der Waals surface area contributed by atoms with E-state index in [2.05, 4.69) is 84.7 Å². The molecule has 0 aromatic carbocycles. The van der Waals surface area contributed by atoms with Crippen molar-refractivity contribution in [2.45, 2.75) is 82.2 Å². The van der Waals surface area contributed by atoms with Gasteiger partial charge in [0.2, 0.25) is 0 Å². The second kappa shape index (κ2) is 6.63. The van der Waals surface area contributed by atoms with Crippen molar-refractivity contribution in [3.05, 3.63) is 24.3 Å². The van der Waals surface area contributed by atoms with Crippen molar-refractivity contribution in [3.63, 3.8) is 0 Å². The van der Waals surface area contributed by atoms with Gasteiger partial charge >= 0.3 is 0 Å². The predicted molar refractivity (Wildman–Crippen MR) is 104 cm³/mol. The Morgan fingerprint density at radius 1 is 0.800 bits per heavy atom. The Morgan fingerprint density at radius 3 is 1.50 bits per heavy atom. The third-order valence-corrected chi connectivity index (χ3v) is 23.7. The summed E-state index contributed by atoms with van der Waals surface area (Å²) in [5, 5.41) is 0. The normalized spacial score (nSPS) is 18.8. The molecule has 0 aromatic heterocycles. The second-order valence-electron chi connectivity index (χ2n) is 8.52. The number of hydrogen-bond acceptors (Lipinski definition) is 0. The smallest absolute Gasteiger partial charge is 0.0635 e. The van der Waals surface area contributed by atoms with Gasteiger partial charge < -0.3 is 0 Å². The Kier molecular flexibility index (Phi) is 6.09. The van der Waals surface area contributed by atoms with Crippen molar-refractivity contribution >= 4 is 24.1 Å². The van der Waals surface area contributed by atoms with E-state index in [1.807, 2.05) is 0 Å². The van der Waals surface area contributed by atoms with Crippen LogP contribution in [-0.4, -0.2) is 32.4 Å². The first-order valence-electron chi connectivity index (χ1n) is 8.12. The maximum Gasteiger partial charge on any atom is 0.0635 e. The average Bonchev–Trinajstić information content (AvgIpc) is 2.76. The molecule has 0 fully saturated rings. The van der Waals surface area contributed by atoms with E-state index in [0.29, 0.717) is 0 Å². The highest BCUT2D eigenvalue weighted by Gasteiger charge is 2.49. The molecule has 1 rings (SSSR count). The van der Waals surface area contributed by atoms with Crippen LogP contribution in [0.5, 0.6) is 0 Å². The van der Waals surface area contributed by atoms with E-state index < -0.39 is 16.1 Å². The molecule has 0 amide bonds. The molecular weight excluding hydrogens is 291 g/mol. The Balaban J connectivity index is 3.24. The van der Waals surface area contributed by atoms with Crippen LogP contribution in [0.1, 0.15) is 27.7 Å². The van der Waals surface area contributed by atoms with E-state index in [0.717, 1.165) is 21.8 Å². The zero-order valence-corrected chi connectivity index (χ0v) is 18.0. The van der Waals surface area contributed by atoms with Gasteiger partial charge in [0.15, 0.2) is 0 Å². The van der Waals surface area contributed by atoms with Crippen LogP contribution in [0.25, 0.3) is 0 Å². The van der Waals surface area contributed by atoms with Crippen molar-refractivity contribution < 1.29 is 0 Å². The summed E-state index contributed by atoms with van der Waals surface area (Å²) in [6.45, 7) is 23.1. The van der Waals surface area contributed by atoms with Crippen LogP contribution in [0.4, 0.5) is 0 Å². The highest BCUT2D eigenvalue weighted by molar-refractivity contribution is 7.66. The Bertz CT molecular complexity index is 355. The topological polar surface area (TPSA) is 0 Å². The second-order valence-corrected chi connectivity index (χ2v) is 23.7. The van der Waals surface area contributed by atoms with Crippen molar-refractivity contribution in [1.29, 1.82) is 0 Å². The van der Waals surface area contributed by atoms with Crippen LogP contribution in [0.2, 0.25) is 38.3 Å². The molecule has 0 aliphatic heterocycles. The predicted octanol–water partition coefficient (Wildman–Crippen LogP) is 6.27. The lowest BCUT2D eigenvalue weighted by atomic mass is 10.5. The molecule has 3 heteroatoms. The fraction of sp³-hybridized carbons (Fsp3) is 0.765. The molecule has 0 aromatic rings. The molecule has 1 aliphatic rings. The van der Waals surface area contributed by atoms with Crippen LogP contribution >= 0.6 is 7.92 Å². The maximum atomic E-state index is 2.67. The molecule has 116 valence electrons. The van der Waals surface area contributed by atoms with Gasteiger partial charge in [-0.05, 0) is 21.8 Å². The summed E-state index contributed by atoms with van der Waals surface area (Å²) in [5.74, 6) is 0. The third-order valence-electron chi connectivity index (χ3n) is 4.62. The lowest BCUT2D eigenvalue weighted by Crippen LogP contribution is -2.57. The molecule has 1 atom stereocenters. The molecule has 0 radical (unpaired) electrons. The summed E-state index contributed by atoms with van der Waals surface area (Å²) in [6.07, 6.45) is 9.50. The fourth-order valence-corrected chi connectivity index (χ4v) is 28.5. The lowest BCUT2D eigenvalue weighted by Gasteiger charge is -2.50. The highest BCUT2D eigenvalue weighted by atomic mass is 31.1.